The number of hydrogen-bond acceptors (Lipinski definition) is 4. The van der Waals surface area contributed by atoms with Crippen LogP contribution >= 0.6 is 23.2 Å². The second kappa shape index (κ2) is 8.73. The molecule has 0 unspecified atom stereocenters. The summed E-state index contributed by atoms with van der Waals surface area (Å²) in [5, 5.41) is 8.44. The van der Waals surface area contributed by atoms with Crippen molar-refractivity contribution in [2.45, 2.75) is 33.1 Å². The van der Waals surface area contributed by atoms with Crippen molar-refractivity contribution in [1.29, 1.82) is 0 Å². The summed E-state index contributed by atoms with van der Waals surface area (Å²) in [5.41, 5.74) is 2.25. The Morgan fingerprint density at radius 1 is 1.10 bits per heavy atom. The molecule has 0 aliphatic rings. The van der Waals surface area contributed by atoms with Gasteiger partial charge in [-0.2, -0.15) is 5.10 Å². The van der Waals surface area contributed by atoms with Gasteiger partial charge in [0.05, 0.1) is 28.0 Å². The van der Waals surface area contributed by atoms with Crippen molar-refractivity contribution in [3.63, 3.8) is 0 Å². The molecule has 0 spiro atoms. The smallest absolute Gasteiger partial charge is 0.269 e. The third kappa shape index (κ3) is 4.05. The van der Waals surface area contributed by atoms with Gasteiger partial charge in [0.25, 0.3) is 5.56 Å². The zero-order chi connectivity index (χ0) is 22.1. The third-order valence-electron chi connectivity index (χ3n) is 5.02. The number of fused-ring (bicyclic) bond motifs is 1. The number of rotatable bonds is 6. The number of halogens is 2. The van der Waals surface area contributed by atoms with Crippen molar-refractivity contribution in [3.05, 3.63) is 79.9 Å². The molecule has 2 aromatic heterocycles. The van der Waals surface area contributed by atoms with Crippen LogP contribution in [0.25, 0.3) is 16.7 Å². The molecule has 0 aliphatic heterocycles. The Balaban J connectivity index is 1.94. The highest BCUT2D eigenvalue weighted by atomic mass is 35.5. The first-order valence-corrected chi connectivity index (χ1v) is 10.8. The second-order valence-corrected chi connectivity index (χ2v) is 8.30. The molecule has 4 rings (SSSR count). The van der Waals surface area contributed by atoms with Crippen molar-refractivity contribution < 1.29 is 4.74 Å². The van der Waals surface area contributed by atoms with Gasteiger partial charge in [-0.1, -0.05) is 55.2 Å². The van der Waals surface area contributed by atoms with Crippen LogP contribution in [0.15, 0.2) is 47.3 Å². The van der Waals surface area contributed by atoms with Crippen LogP contribution in [0.1, 0.15) is 43.8 Å². The fourth-order valence-electron chi connectivity index (χ4n) is 3.56. The predicted molar refractivity (Wildman–Crippen MR) is 124 cm³/mol. The lowest BCUT2D eigenvalue weighted by Gasteiger charge is -2.16. The molecule has 6 nitrogen and oxygen atoms in total. The summed E-state index contributed by atoms with van der Waals surface area (Å²) >= 11 is 13.0. The van der Waals surface area contributed by atoms with Crippen LogP contribution in [0, 0.1) is 0 Å². The van der Waals surface area contributed by atoms with E-state index < -0.39 is 0 Å². The number of para-hydroxylation sites is 1. The van der Waals surface area contributed by atoms with Gasteiger partial charge in [0.15, 0.2) is 5.65 Å². The highest BCUT2D eigenvalue weighted by Crippen LogP contribution is 2.30. The van der Waals surface area contributed by atoms with E-state index in [1.165, 1.54) is 4.57 Å². The van der Waals surface area contributed by atoms with Crippen molar-refractivity contribution >= 4 is 34.2 Å². The minimum Gasteiger partial charge on any atom is -0.494 e. The van der Waals surface area contributed by atoms with Crippen LogP contribution in [-0.2, 0) is 6.42 Å². The monoisotopic (exact) mass is 456 g/mol. The molecule has 0 amide bonds. The van der Waals surface area contributed by atoms with E-state index in [2.05, 4.69) is 10.2 Å². The molecule has 1 N–H and O–H groups in total. The molecule has 0 radical (unpaired) electrons. The Labute approximate surface area is 189 Å². The number of nitrogens with zero attached hydrogens (tertiary/aromatic N) is 3. The van der Waals surface area contributed by atoms with Crippen LogP contribution in [0.5, 0.6) is 5.75 Å². The van der Waals surface area contributed by atoms with Crippen molar-refractivity contribution in [2.24, 2.45) is 0 Å². The van der Waals surface area contributed by atoms with E-state index in [9.17, 15) is 4.79 Å². The third-order valence-corrected chi connectivity index (χ3v) is 5.63. The SMILES string of the molecule is CCOc1ccc(Cc2nc3n[nH]c(C(C)C)c3c(=O)n2-c2c(Cl)cccc2Cl)cc1. The molecule has 31 heavy (non-hydrogen) atoms. The van der Waals surface area contributed by atoms with Gasteiger partial charge < -0.3 is 4.74 Å². The quantitative estimate of drug-likeness (QED) is 0.413. The van der Waals surface area contributed by atoms with E-state index in [0.717, 1.165) is 17.0 Å². The topological polar surface area (TPSA) is 72.8 Å². The molecule has 0 atom stereocenters. The van der Waals surface area contributed by atoms with Gasteiger partial charge in [-0.25, -0.2) is 4.98 Å². The fourth-order valence-corrected chi connectivity index (χ4v) is 4.13. The maximum atomic E-state index is 13.7. The zero-order valence-corrected chi connectivity index (χ0v) is 19.0. The Kier molecular flexibility index (Phi) is 6.03. The lowest BCUT2D eigenvalue weighted by Crippen LogP contribution is -2.25. The Bertz CT molecular complexity index is 1270. The number of ether oxygens (including phenoxy) is 1. The fraction of sp³-hybridized carbons (Fsp3) is 0.261. The van der Waals surface area contributed by atoms with E-state index >= 15 is 0 Å². The maximum Gasteiger partial charge on any atom is 0.269 e. The molecule has 4 aromatic rings. The minimum absolute atomic E-state index is 0.0756. The molecular formula is C23H22Cl2N4O2. The standard InChI is InChI=1S/C23H22Cl2N4O2/c1-4-31-15-10-8-14(9-11-15)12-18-26-22-19(20(13(2)3)27-28-22)23(30)29(18)21-16(24)6-5-7-17(21)25/h5-11,13H,4,12H2,1-3H3,(H,27,28). The largest absolute Gasteiger partial charge is 0.494 e. The first-order valence-electron chi connectivity index (χ1n) is 10.1. The van der Waals surface area contributed by atoms with Gasteiger partial charge in [0.1, 0.15) is 17.0 Å². The van der Waals surface area contributed by atoms with E-state index in [1.54, 1.807) is 18.2 Å². The molecule has 8 heteroatoms. The lowest BCUT2D eigenvalue weighted by molar-refractivity contribution is 0.340. The summed E-state index contributed by atoms with van der Waals surface area (Å²) in [4.78, 5) is 18.4. The van der Waals surface area contributed by atoms with Crippen LogP contribution in [0.4, 0.5) is 0 Å². The summed E-state index contributed by atoms with van der Waals surface area (Å²) in [6, 6.07) is 12.8. The molecule has 0 bridgehead atoms. The van der Waals surface area contributed by atoms with Crippen LogP contribution in [-0.4, -0.2) is 26.4 Å². The molecule has 0 saturated carbocycles. The van der Waals surface area contributed by atoms with E-state index in [1.807, 2.05) is 45.0 Å². The highest BCUT2D eigenvalue weighted by Gasteiger charge is 2.22. The van der Waals surface area contributed by atoms with Gasteiger partial charge in [0, 0.05) is 6.42 Å². The number of aromatic nitrogens is 4. The molecule has 2 heterocycles. The molecule has 0 aliphatic carbocycles. The van der Waals surface area contributed by atoms with Crippen molar-refractivity contribution in [2.75, 3.05) is 6.61 Å². The number of aromatic amines is 1. The summed E-state index contributed by atoms with van der Waals surface area (Å²) in [6.45, 7) is 6.52. The number of nitrogens with one attached hydrogen (secondary N) is 1. The van der Waals surface area contributed by atoms with Crippen molar-refractivity contribution in [1.82, 2.24) is 19.7 Å². The summed E-state index contributed by atoms with van der Waals surface area (Å²) in [5.74, 6) is 1.36. The average molecular weight is 457 g/mol. The van der Waals surface area contributed by atoms with E-state index in [0.29, 0.717) is 45.6 Å². The average Bonchev–Trinajstić information content (AvgIpc) is 3.16. The van der Waals surface area contributed by atoms with Gasteiger partial charge in [-0.3, -0.25) is 14.5 Å². The second-order valence-electron chi connectivity index (χ2n) is 7.48. The normalized spacial score (nSPS) is 11.4. The first-order chi connectivity index (χ1) is 14.9. The zero-order valence-electron chi connectivity index (χ0n) is 17.4. The molecule has 160 valence electrons. The summed E-state index contributed by atoms with van der Waals surface area (Å²) in [6.07, 6.45) is 0.392. The predicted octanol–water partition coefficient (Wildman–Crippen LogP) is 5.53. The number of hydrogen-bond donors (Lipinski definition) is 1. The first kappa shape index (κ1) is 21.4. The highest BCUT2D eigenvalue weighted by molar-refractivity contribution is 6.37. The van der Waals surface area contributed by atoms with Gasteiger partial charge in [-0.05, 0) is 42.7 Å². The number of H-pyrrole nitrogens is 1. The Morgan fingerprint density at radius 2 is 1.77 bits per heavy atom. The number of benzene rings is 2. The summed E-state index contributed by atoms with van der Waals surface area (Å²) in [7, 11) is 0. The molecule has 2 aromatic carbocycles. The Morgan fingerprint density at radius 3 is 2.39 bits per heavy atom. The minimum atomic E-state index is -0.251. The van der Waals surface area contributed by atoms with Crippen molar-refractivity contribution in [3.8, 4) is 11.4 Å². The molecule has 0 saturated heterocycles. The van der Waals surface area contributed by atoms with Crippen LogP contribution in [0.2, 0.25) is 10.0 Å². The summed E-state index contributed by atoms with van der Waals surface area (Å²) < 4.78 is 7.02. The van der Waals surface area contributed by atoms with Gasteiger partial charge in [0.2, 0.25) is 0 Å². The molecule has 0 fully saturated rings. The van der Waals surface area contributed by atoms with E-state index in [-0.39, 0.29) is 11.5 Å². The van der Waals surface area contributed by atoms with Crippen LogP contribution < -0.4 is 10.3 Å². The van der Waals surface area contributed by atoms with E-state index in [4.69, 9.17) is 32.9 Å². The lowest BCUT2D eigenvalue weighted by atomic mass is 10.1. The van der Waals surface area contributed by atoms with Gasteiger partial charge in [-0.15, -0.1) is 0 Å². The van der Waals surface area contributed by atoms with Gasteiger partial charge >= 0.3 is 0 Å². The Hall–Kier alpha value is -2.83. The maximum absolute atomic E-state index is 13.7. The van der Waals surface area contributed by atoms with Crippen LogP contribution in [0.3, 0.4) is 0 Å². The molecular weight excluding hydrogens is 435 g/mol.